The van der Waals surface area contributed by atoms with Crippen LogP contribution in [0.25, 0.3) is 11.0 Å². The summed E-state index contributed by atoms with van der Waals surface area (Å²) in [5.74, 6) is 1.34. The molecule has 13 heteroatoms. The summed E-state index contributed by atoms with van der Waals surface area (Å²) in [6.07, 6.45) is 7.53. The number of halogens is 1. The van der Waals surface area contributed by atoms with E-state index in [2.05, 4.69) is 55.8 Å². The van der Waals surface area contributed by atoms with Crippen molar-refractivity contribution in [2.75, 3.05) is 62.7 Å². The lowest BCUT2D eigenvalue weighted by Crippen LogP contribution is -2.48. The van der Waals surface area contributed by atoms with Crippen molar-refractivity contribution in [3.05, 3.63) is 118 Å². The molecule has 0 saturated carbocycles. The van der Waals surface area contributed by atoms with E-state index in [4.69, 9.17) is 21.1 Å². The van der Waals surface area contributed by atoms with Gasteiger partial charge in [-0.05, 0) is 130 Å². The van der Waals surface area contributed by atoms with Crippen LogP contribution in [0.1, 0.15) is 66.9 Å². The number of fused-ring (bicyclic) bond motifs is 1. The number of carbonyl (C=O) groups excluding carboxylic acids is 1. The van der Waals surface area contributed by atoms with Gasteiger partial charge in [0.2, 0.25) is 0 Å². The number of carbonyl (C=O) groups is 1. The van der Waals surface area contributed by atoms with Crippen molar-refractivity contribution in [3.8, 4) is 11.5 Å². The number of hydrogen-bond acceptors (Lipinski definition) is 9. The van der Waals surface area contributed by atoms with Gasteiger partial charge in [0.25, 0.3) is 15.9 Å². The van der Waals surface area contributed by atoms with E-state index in [0.29, 0.717) is 29.2 Å². The van der Waals surface area contributed by atoms with Crippen LogP contribution in [0.3, 0.4) is 0 Å². The number of nitrogens with zero attached hydrogens (tertiary/aromatic N) is 3. The highest BCUT2D eigenvalue weighted by atomic mass is 35.5. The molecule has 1 aliphatic carbocycles. The predicted molar refractivity (Wildman–Crippen MR) is 234 cm³/mol. The minimum absolute atomic E-state index is 0.00747. The second-order valence-electron chi connectivity index (χ2n) is 16.4. The van der Waals surface area contributed by atoms with Crippen molar-refractivity contribution >= 4 is 49.9 Å². The van der Waals surface area contributed by atoms with Crippen molar-refractivity contribution in [2.45, 2.75) is 57.3 Å². The summed E-state index contributed by atoms with van der Waals surface area (Å²) in [5.41, 5.74) is 7.67. The molecule has 1 amide bonds. The van der Waals surface area contributed by atoms with Gasteiger partial charge >= 0.3 is 0 Å². The molecule has 0 unspecified atom stereocenters. The average molecular weight is 837 g/mol. The van der Waals surface area contributed by atoms with E-state index in [0.717, 1.165) is 106 Å². The number of sulfonamides is 1. The first-order valence-electron chi connectivity index (χ1n) is 20.6. The van der Waals surface area contributed by atoms with Crippen molar-refractivity contribution in [2.24, 2.45) is 11.8 Å². The van der Waals surface area contributed by atoms with Crippen LogP contribution in [0.15, 0.2) is 101 Å². The number of aryl methyl sites for hydroxylation is 1. The fourth-order valence-electron chi connectivity index (χ4n) is 8.72. The second kappa shape index (κ2) is 17.8. The smallest absolute Gasteiger partial charge is 0.268 e. The number of rotatable bonds is 12. The summed E-state index contributed by atoms with van der Waals surface area (Å²) in [4.78, 5) is 26.3. The van der Waals surface area contributed by atoms with Crippen LogP contribution in [-0.2, 0) is 14.8 Å². The quantitative estimate of drug-likeness (QED) is 0.106. The van der Waals surface area contributed by atoms with Crippen molar-refractivity contribution in [1.29, 1.82) is 0 Å². The summed E-state index contributed by atoms with van der Waals surface area (Å²) in [6, 6.07) is 22.3. The third-order valence-electron chi connectivity index (χ3n) is 12.4. The number of benzene rings is 3. The number of H-pyrrole nitrogens is 1. The van der Waals surface area contributed by atoms with Crippen molar-refractivity contribution < 1.29 is 22.7 Å². The third-order valence-corrected chi connectivity index (χ3v) is 14.0. The number of pyridine rings is 1. The van der Waals surface area contributed by atoms with Crippen LogP contribution >= 0.6 is 11.6 Å². The Bertz CT molecular complexity index is 2440. The van der Waals surface area contributed by atoms with E-state index in [1.165, 1.54) is 22.8 Å². The van der Waals surface area contributed by atoms with Crippen LogP contribution < -0.4 is 19.7 Å². The van der Waals surface area contributed by atoms with Crippen LogP contribution in [-0.4, -0.2) is 81.7 Å². The molecular weight excluding hydrogens is 784 g/mol. The van der Waals surface area contributed by atoms with E-state index in [1.54, 1.807) is 30.6 Å². The zero-order valence-corrected chi connectivity index (χ0v) is 35.5. The summed E-state index contributed by atoms with van der Waals surface area (Å²) >= 11 is 6.25. The largest absolute Gasteiger partial charge is 0.455 e. The van der Waals surface area contributed by atoms with Crippen LogP contribution in [0.2, 0.25) is 5.02 Å². The molecule has 2 fully saturated rings. The van der Waals surface area contributed by atoms with Gasteiger partial charge in [0.1, 0.15) is 17.1 Å². The highest BCUT2D eigenvalue weighted by molar-refractivity contribution is 7.90. The Morgan fingerprint density at radius 3 is 2.46 bits per heavy atom. The van der Waals surface area contributed by atoms with E-state index in [9.17, 15) is 13.2 Å². The van der Waals surface area contributed by atoms with E-state index in [1.807, 2.05) is 43.3 Å². The monoisotopic (exact) mass is 836 g/mol. The Morgan fingerprint density at radius 2 is 1.69 bits per heavy atom. The first kappa shape index (κ1) is 40.9. The molecule has 2 aromatic heterocycles. The van der Waals surface area contributed by atoms with Crippen molar-refractivity contribution in [3.63, 3.8) is 0 Å². The molecule has 5 aromatic rings. The molecule has 2 aliphatic heterocycles. The van der Waals surface area contributed by atoms with Gasteiger partial charge in [0, 0.05) is 86.5 Å². The topological polar surface area (TPSA) is 129 Å². The number of amides is 1. The fraction of sp³-hybridized carbons (Fsp3) is 0.391. The molecule has 3 aromatic carbocycles. The maximum atomic E-state index is 13.9. The Labute approximate surface area is 352 Å². The lowest BCUT2D eigenvalue weighted by molar-refractivity contribution is 0.0699. The summed E-state index contributed by atoms with van der Waals surface area (Å²) in [6.45, 7) is 13.1. The zero-order valence-electron chi connectivity index (χ0n) is 34.0. The third kappa shape index (κ3) is 9.62. The summed E-state index contributed by atoms with van der Waals surface area (Å²) in [7, 11) is -4.21. The molecular formula is C46H53ClN6O5S. The number of hydrogen-bond donors (Lipinski definition) is 3. The van der Waals surface area contributed by atoms with Gasteiger partial charge in [0.15, 0.2) is 0 Å². The number of piperazine rings is 1. The predicted octanol–water partition coefficient (Wildman–Crippen LogP) is 8.93. The zero-order chi connectivity index (χ0) is 41.1. The molecule has 59 heavy (non-hydrogen) atoms. The standard InChI is InChI=1S/C46H53ClN6O5S/c1-30-22-36(42(24-31(30)2)34-4-6-37(47)7-5-34)29-52-16-18-53(19-17-52)38-8-10-41(44(26-38)58-39-25-35-12-15-48-45(35)50-28-39)46(54)51-59(55,56)40-9-11-43(32(3)23-40)49-27-33-13-20-57-21-14-33/h4-12,15,23,25-26,28,33,36,42,49H,13-14,16-22,24,27,29H2,1-3H3,(H,48,50)(H,51,54)/t36-,42-/m1/s1. The van der Waals surface area contributed by atoms with Crippen LogP contribution in [0, 0.1) is 18.8 Å². The number of ether oxygens (including phenoxy) is 2. The van der Waals surface area contributed by atoms with Gasteiger partial charge in [-0.2, -0.15) is 0 Å². The maximum absolute atomic E-state index is 13.9. The Balaban J connectivity index is 0.975. The van der Waals surface area contributed by atoms with Gasteiger partial charge in [0.05, 0.1) is 16.7 Å². The lowest BCUT2D eigenvalue weighted by Gasteiger charge is -2.41. The van der Waals surface area contributed by atoms with Gasteiger partial charge in [-0.25, -0.2) is 18.1 Å². The molecule has 3 N–H and O–H groups in total. The normalized spacial score (nSPS) is 19.6. The molecule has 0 spiro atoms. The molecule has 4 heterocycles. The molecule has 8 rings (SSSR count). The van der Waals surface area contributed by atoms with E-state index >= 15 is 0 Å². The number of anilines is 2. The average Bonchev–Trinajstić information content (AvgIpc) is 3.71. The van der Waals surface area contributed by atoms with Crippen LogP contribution in [0.4, 0.5) is 11.4 Å². The molecule has 310 valence electrons. The van der Waals surface area contributed by atoms with Crippen LogP contribution in [0.5, 0.6) is 11.5 Å². The number of nitrogens with one attached hydrogen (secondary N) is 3. The first-order chi connectivity index (χ1) is 28.5. The number of aromatic nitrogens is 2. The van der Waals surface area contributed by atoms with Gasteiger partial charge in [-0.15, -0.1) is 0 Å². The molecule has 2 saturated heterocycles. The highest BCUT2D eigenvalue weighted by Gasteiger charge is 2.32. The summed E-state index contributed by atoms with van der Waals surface area (Å²) in [5, 5.41) is 5.07. The summed E-state index contributed by atoms with van der Waals surface area (Å²) < 4.78 is 41.5. The SMILES string of the molecule is CC1=C(C)C[C@H](c2ccc(Cl)cc2)[C@@H](CN2CCN(c3ccc(C(=O)NS(=O)(=O)c4ccc(NCC5CCOCC5)c(C)c4)c(Oc4cnc5[nH]ccc5c4)c3)CC2)C1. The van der Waals surface area contributed by atoms with Gasteiger partial charge in [-0.1, -0.05) is 34.9 Å². The first-order valence-corrected chi connectivity index (χ1v) is 22.5. The molecule has 11 nitrogen and oxygen atoms in total. The van der Waals surface area contributed by atoms with E-state index < -0.39 is 15.9 Å². The molecule has 0 bridgehead atoms. The second-order valence-corrected chi connectivity index (χ2v) is 18.5. The minimum Gasteiger partial charge on any atom is -0.455 e. The van der Waals surface area contributed by atoms with E-state index in [-0.39, 0.29) is 16.2 Å². The minimum atomic E-state index is -4.21. The van der Waals surface area contributed by atoms with Crippen molar-refractivity contribution in [1.82, 2.24) is 19.6 Å². The fourth-order valence-corrected chi connectivity index (χ4v) is 9.89. The van der Waals surface area contributed by atoms with Gasteiger partial charge in [-0.3, -0.25) is 9.69 Å². The Hall–Kier alpha value is -4.88. The Kier molecular flexibility index (Phi) is 12.3. The van der Waals surface area contributed by atoms with Gasteiger partial charge < -0.3 is 24.7 Å². The molecule has 0 radical (unpaired) electrons. The number of aromatic amines is 1. The molecule has 2 atom stereocenters. The number of allylic oxidation sites excluding steroid dienone is 2. The Morgan fingerprint density at radius 1 is 0.932 bits per heavy atom. The maximum Gasteiger partial charge on any atom is 0.268 e. The lowest BCUT2D eigenvalue weighted by atomic mass is 9.73. The molecule has 3 aliphatic rings. The highest BCUT2D eigenvalue weighted by Crippen LogP contribution is 2.41.